The van der Waals surface area contributed by atoms with Gasteiger partial charge < -0.3 is 20.3 Å². The molecule has 0 bridgehead atoms. The van der Waals surface area contributed by atoms with Crippen molar-refractivity contribution < 1.29 is 9.13 Å². The predicted octanol–water partition coefficient (Wildman–Crippen LogP) is 2.31. The number of piperazine rings is 1. The van der Waals surface area contributed by atoms with Gasteiger partial charge in [0.1, 0.15) is 5.82 Å². The number of anilines is 1. The monoisotopic (exact) mass is 436 g/mol. The van der Waals surface area contributed by atoms with Gasteiger partial charge in [0.15, 0.2) is 5.96 Å². The topological polar surface area (TPSA) is 54.1 Å². The highest BCUT2D eigenvalue weighted by atomic mass is 127. The second-order valence-electron chi connectivity index (χ2n) is 5.61. The van der Waals surface area contributed by atoms with Crippen LogP contribution in [0.25, 0.3) is 0 Å². The molecule has 1 fully saturated rings. The number of nitrogens with two attached hydrogens (primary N) is 1. The summed E-state index contributed by atoms with van der Waals surface area (Å²) in [7, 11) is 0. The van der Waals surface area contributed by atoms with Crippen molar-refractivity contribution in [3.63, 3.8) is 0 Å². The van der Waals surface area contributed by atoms with E-state index in [1.165, 1.54) is 12.1 Å². The quantitative estimate of drug-likeness (QED) is 0.333. The summed E-state index contributed by atoms with van der Waals surface area (Å²) < 4.78 is 18.4. The van der Waals surface area contributed by atoms with Crippen molar-refractivity contribution in [2.45, 2.75) is 20.0 Å². The van der Waals surface area contributed by atoms with E-state index >= 15 is 0 Å². The van der Waals surface area contributed by atoms with Gasteiger partial charge in [-0.25, -0.2) is 4.39 Å². The molecule has 0 atom stereocenters. The van der Waals surface area contributed by atoms with E-state index in [9.17, 15) is 4.39 Å². The Bertz CT molecular complexity index is 487. The fourth-order valence-corrected chi connectivity index (χ4v) is 2.39. The third kappa shape index (κ3) is 6.50. The fraction of sp³-hybridized carbons (Fsp3) is 0.562. The molecule has 2 N–H and O–H groups in total. The maximum Gasteiger partial charge on any atom is 0.191 e. The Morgan fingerprint density at radius 3 is 2.39 bits per heavy atom. The number of rotatable bonds is 5. The first-order valence-corrected chi connectivity index (χ1v) is 7.73. The van der Waals surface area contributed by atoms with Crippen molar-refractivity contribution in [2.24, 2.45) is 10.7 Å². The van der Waals surface area contributed by atoms with Gasteiger partial charge in [-0.1, -0.05) is 0 Å². The van der Waals surface area contributed by atoms with Crippen LogP contribution < -0.4 is 10.6 Å². The Morgan fingerprint density at radius 2 is 1.83 bits per heavy atom. The highest BCUT2D eigenvalue weighted by Crippen LogP contribution is 2.16. The minimum absolute atomic E-state index is 0. The normalized spacial score (nSPS) is 15.7. The molecular weight excluding hydrogens is 410 g/mol. The molecule has 5 nitrogen and oxygen atoms in total. The molecule has 0 saturated carbocycles. The zero-order valence-corrected chi connectivity index (χ0v) is 16.1. The number of guanidine groups is 1. The number of nitrogens with zero attached hydrogens (tertiary/aromatic N) is 3. The van der Waals surface area contributed by atoms with Crippen molar-refractivity contribution in [1.29, 1.82) is 0 Å². The third-order valence-corrected chi connectivity index (χ3v) is 3.61. The van der Waals surface area contributed by atoms with E-state index in [4.69, 9.17) is 10.5 Å². The summed E-state index contributed by atoms with van der Waals surface area (Å²) in [5.41, 5.74) is 7.06. The largest absolute Gasteiger partial charge is 0.377 e. The van der Waals surface area contributed by atoms with E-state index < -0.39 is 0 Å². The summed E-state index contributed by atoms with van der Waals surface area (Å²) >= 11 is 0. The molecule has 1 aromatic rings. The van der Waals surface area contributed by atoms with Crippen LogP contribution >= 0.6 is 24.0 Å². The molecule has 1 aliphatic rings. The summed E-state index contributed by atoms with van der Waals surface area (Å²) in [6.07, 6.45) is 0.218. The van der Waals surface area contributed by atoms with Crippen molar-refractivity contribution in [3.05, 3.63) is 30.1 Å². The lowest BCUT2D eigenvalue weighted by molar-refractivity contribution is 0.0852. The number of hydrogen-bond donors (Lipinski definition) is 1. The van der Waals surface area contributed by atoms with E-state index in [0.717, 1.165) is 31.9 Å². The van der Waals surface area contributed by atoms with Crippen molar-refractivity contribution >= 4 is 35.6 Å². The summed E-state index contributed by atoms with van der Waals surface area (Å²) in [6.45, 7) is 8.52. The molecule has 0 aliphatic carbocycles. The number of benzene rings is 1. The predicted molar refractivity (Wildman–Crippen MR) is 103 cm³/mol. The van der Waals surface area contributed by atoms with E-state index in [2.05, 4.69) is 14.8 Å². The maximum atomic E-state index is 12.9. The van der Waals surface area contributed by atoms with Gasteiger partial charge in [-0.2, -0.15) is 0 Å². The molecule has 1 aliphatic heterocycles. The van der Waals surface area contributed by atoms with Gasteiger partial charge in [-0.15, -0.1) is 24.0 Å². The minimum Gasteiger partial charge on any atom is -0.377 e. The van der Waals surface area contributed by atoms with Crippen LogP contribution in [0, 0.1) is 5.82 Å². The maximum absolute atomic E-state index is 12.9. The van der Waals surface area contributed by atoms with Gasteiger partial charge in [-0.05, 0) is 38.1 Å². The summed E-state index contributed by atoms with van der Waals surface area (Å²) in [5, 5.41) is 0. The van der Waals surface area contributed by atoms with Gasteiger partial charge in [0.25, 0.3) is 0 Å². The standard InChI is InChI=1S/C16H25FN4O.HI/c1-13(2)22-12-7-19-16(18)21-10-8-20(9-11-21)15-5-3-14(17)4-6-15;/h3-6,13H,7-12H2,1-2H3,(H2,18,19);1H. The summed E-state index contributed by atoms with van der Waals surface area (Å²) in [5.74, 6) is 0.369. The Balaban J connectivity index is 0.00000264. The van der Waals surface area contributed by atoms with Crippen LogP contribution in [0.4, 0.5) is 10.1 Å². The van der Waals surface area contributed by atoms with Crippen LogP contribution in [-0.2, 0) is 4.74 Å². The molecular formula is C16H26FIN4O. The molecule has 0 spiro atoms. The number of aliphatic imine (C=N–C) groups is 1. The zero-order chi connectivity index (χ0) is 15.9. The van der Waals surface area contributed by atoms with Crippen molar-refractivity contribution in [2.75, 3.05) is 44.2 Å². The molecule has 2 rings (SSSR count). The van der Waals surface area contributed by atoms with Crippen LogP contribution in [0.2, 0.25) is 0 Å². The van der Waals surface area contributed by atoms with Crippen molar-refractivity contribution in [3.8, 4) is 0 Å². The number of halogens is 2. The first kappa shape index (κ1) is 20.0. The Labute approximate surface area is 154 Å². The Kier molecular flexibility index (Phi) is 8.60. The van der Waals surface area contributed by atoms with Crippen LogP contribution in [0.1, 0.15) is 13.8 Å². The SMILES string of the molecule is CC(C)OCCN=C(N)N1CCN(c2ccc(F)cc2)CC1.I. The van der Waals surface area contributed by atoms with E-state index in [-0.39, 0.29) is 35.9 Å². The van der Waals surface area contributed by atoms with E-state index in [0.29, 0.717) is 19.1 Å². The van der Waals surface area contributed by atoms with Gasteiger partial charge in [0.2, 0.25) is 0 Å². The van der Waals surface area contributed by atoms with E-state index in [1.54, 1.807) is 0 Å². The van der Waals surface area contributed by atoms with Crippen LogP contribution in [0.15, 0.2) is 29.3 Å². The number of ether oxygens (including phenoxy) is 1. The second kappa shape index (κ2) is 9.92. The third-order valence-electron chi connectivity index (χ3n) is 3.61. The molecule has 1 aromatic carbocycles. The summed E-state index contributed by atoms with van der Waals surface area (Å²) in [4.78, 5) is 8.66. The zero-order valence-electron chi connectivity index (χ0n) is 13.7. The Morgan fingerprint density at radius 1 is 1.22 bits per heavy atom. The Hall–Kier alpha value is -1.09. The lowest BCUT2D eigenvalue weighted by Crippen LogP contribution is -2.51. The second-order valence-corrected chi connectivity index (χ2v) is 5.61. The molecule has 0 amide bonds. The molecule has 0 radical (unpaired) electrons. The van der Waals surface area contributed by atoms with Gasteiger partial charge in [0, 0.05) is 31.9 Å². The lowest BCUT2D eigenvalue weighted by atomic mass is 10.2. The van der Waals surface area contributed by atoms with Gasteiger partial charge >= 0.3 is 0 Å². The van der Waals surface area contributed by atoms with Crippen LogP contribution in [0.5, 0.6) is 0 Å². The van der Waals surface area contributed by atoms with Gasteiger partial charge in [-0.3, -0.25) is 4.99 Å². The van der Waals surface area contributed by atoms with Gasteiger partial charge in [0.05, 0.1) is 19.3 Å². The molecule has 7 heteroatoms. The lowest BCUT2D eigenvalue weighted by Gasteiger charge is -2.36. The summed E-state index contributed by atoms with van der Waals surface area (Å²) in [6, 6.07) is 6.61. The highest BCUT2D eigenvalue weighted by molar-refractivity contribution is 14.0. The first-order valence-electron chi connectivity index (χ1n) is 7.73. The first-order chi connectivity index (χ1) is 10.6. The number of hydrogen-bond acceptors (Lipinski definition) is 3. The fourth-order valence-electron chi connectivity index (χ4n) is 2.39. The van der Waals surface area contributed by atoms with Crippen LogP contribution in [0.3, 0.4) is 0 Å². The smallest absolute Gasteiger partial charge is 0.191 e. The highest BCUT2D eigenvalue weighted by Gasteiger charge is 2.18. The molecule has 1 saturated heterocycles. The average Bonchev–Trinajstić information content (AvgIpc) is 2.52. The van der Waals surface area contributed by atoms with Crippen LogP contribution in [-0.4, -0.2) is 56.3 Å². The molecule has 1 heterocycles. The average molecular weight is 436 g/mol. The molecule has 23 heavy (non-hydrogen) atoms. The van der Waals surface area contributed by atoms with E-state index in [1.807, 2.05) is 26.0 Å². The molecule has 0 unspecified atom stereocenters. The molecule has 0 aromatic heterocycles. The minimum atomic E-state index is -0.206. The van der Waals surface area contributed by atoms with Crippen molar-refractivity contribution in [1.82, 2.24) is 4.90 Å². The molecule has 130 valence electrons.